The van der Waals surface area contributed by atoms with Crippen LogP contribution in [0.3, 0.4) is 0 Å². The van der Waals surface area contributed by atoms with E-state index in [0.717, 1.165) is 35.8 Å². The minimum Gasteiger partial charge on any atom is -0.478 e. The Bertz CT molecular complexity index is 1310. The highest BCUT2D eigenvalue weighted by Gasteiger charge is 2.23. The predicted molar refractivity (Wildman–Crippen MR) is 123 cm³/mol. The minimum atomic E-state index is -1.34. The molecule has 3 aromatic rings. The Labute approximate surface area is 199 Å². The molecule has 0 atom stereocenters. The molecule has 0 saturated carbocycles. The van der Waals surface area contributed by atoms with Crippen molar-refractivity contribution in [2.24, 2.45) is 0 Å². The van der Waals surface area contributed by atoms with Crippen LogP contribution in [-0.4, -0.2) is 16.1 Å². The van der Waals surface area contributed by atoms with Gasteiger partial charge in [0.15, 0.2) is 11.6 Å². The Hall–Kier alpha value is -3.32. The molecule has 1 heterocycles. The zero-order valence-corrected chi connectivity index (χ0v) is 19.1. The number of carboxylic acids is 1. The van der Waals surface area contributed by atoms with Crippen molar-refractivity contribution in [1.82, 2.24) is 4.98 Å². The van der Waals surface area contributed by atoms with Gasteiger partial charge in [-0.3, -0.25) is 0 Å². The van der Waals surface area contributed by atoms with Crippen molar-refractivity contribution in [1.29, 1.82) is 0 Å². The number of ether oxygens (including phenoxy) is 1. The van der Waals surface area contributed by atoms with E-state index in [1.807, 2.05) is 6.92 Å². The highest BCUT2D eigenvalue weighted by atomic mass is 35.5. The van der Waals surface area contributed by atoms with E-state index in [4.69, 9.17) is 16.3 Å². The highest BCUT2D eigenvalue weighted by molar-refractivity contribution is 6.30. The van der Waals surface area contributed by atoms with Crippen LogP contribution >= 0.6 is 11.6 Å². The normalized spacial score (nSPS) is 13.4. The van der Waals surface area contributed by atoms with Crippen LogP contribution in [0, 0.1) is 17.5 Å². The maximum Gasteiger partial charge on any atom is 0.338 e. The zero-order chi connectivity index (χ0) is 24.4. The first-order chi connectivity index (χ1) is 16.3. The summed E-state index contributed by atoms with van der Waals surface area (Å²) in [6, 6.07) is 8.01. The molecule has 4 nitrogen and oxygen atoms in total. The van der Waals surface area contributed by atoms with Gasteiger partial charge in [-0.2, -0.15) is 0 Å². The van der Waals surface area contributed by atoms with Crippen LogP contribution in [0.5, 0.6) is 5.88 Å². The molecule has 1 aliphatic carbocycles. The van der Waals surface area contributed by atoms with Crippen LogP contribution in [-0.2, 0) is 13.0 Å². The van der Waals surface area contributed by atoms with E-state index < -0.39 is 29.0 Å². The molecule has 34 heavy (non-hydrogen) atoms. The first kappa shape index (κ1) is 23.8. The van der Waals surface area contributed by atoms with Crippen LogP contribution in [0.2, 0.25) is 5.02 Å². The van der Waals surface area contributed by atoms with Crippen LogP contribution in [0.4, 0.5) is 13.2 Å². The van der Waals surface area contributed by atoms with Crippen LogP contribution in [0.1, 0.15) is 58.8 Å². The van der Waals surface area contributed by atoms with Gasteiger partial charge >= 0.3 is 5.97 Å². The smallest absolute Gasteiger partial charge is 0.338 e. The summed E-state index contributed by atoms with van der Waals surface area (Å²) in [5.41, 5.74) is 3.69. The first-order valence-electron chi connectivity index (χ1n) is 10.8. The maximum absolute atomic E-state index is 13.9. The summed E-state index contributed by atoms with van der Waals surface area (Å²) in [6.45, 7) is 1.82. The van der Waals surface area contributed by atoms with Crippen molar-refractivity contribution in [3.8, 4) is 5.88 Å². The fourth-order valence-corrected chi connectivity index (χ4v) is 4.39. The van der Waals surface area contributed by atoms with E-state index in [0.29, 0.717) is 46.5 Å². The third-order valence-electron chi connectivity index (χ3n) is 5.89. The van der Waals surface area contributed by atoms with E-state index >= 15 is 0 Å². The second kappa shape index (κ2) is 9.89. The summed E-state index contributed by atoms with van der Waals surface area (Å²) in [7, 11) is 0. The van der Waals surface area contributed by atoms with Crippen LogP contribution < -0.4 is 4.74 Å². The zero-order valence-electron chi connectivity index (χ0n) is 18.3. The summed E-state index contributed by atoms with van der Waals surface area (Å²) < 4.78 is 47.3. The van der Waals surface area contributed by atoms with Gasteiger partial charge in [-0.15, -0.1) is 0 Å². The molecule has 4 rings (SSSR count). The molecular weight excluding hydrogens is 467 g/mol. The van der Waals surface area contributed by atoms with Crippen LogP contribution in [0.15, 0.2) is 42.6 Å². The number of allylic oxidation sites excluding steroid dienone is 2. The molecule has 8 heteroatoms. The van der Waals surface area contributed by atoms with Crippen LogP contribution in [0.25, 0.3) is 11.1 Å². The number of hydrogen-bond donors (Lipinski definition) is 1. The second-order valence-corrected chi connectivity index (χ2v) is 8.43. The Kier molecular flexibility index (Phi) is 6.93. The first-order valence-corrected chi connectivity index (χ1v) is 11.2. The lowest BCUT2D eigenvalue weighted by atomic mass is 9.96. The quantitative estimate of drug-likeness (QED) is 0.386. The third kappa shape index (κ3) is 4.80. The summed E-state index contributed by atoms with van der Waals surface area (Å²) in [6.07, 6.45) is 4.07. The molecule has 1 aliphatic rings. The molecule has 1 aromatic heterocycles. The number of carbonyl (C=O) groups is 1. The van der Waals surface area contributed by atoms with Gasteiger partial charge in [0.1, 0.15) is 12.4 Å². The summed E-state index contributed by atoms with van der Waals surface area (Å²) >= 11 is 6.22. The van der Waals surface area contributed by atoms with Gasteiger partial charge in [-0.1, -0.05) is 24.6 Å². The molecule has 0 unspecified atom stereocenters. The van der Waals surface area contributed by atoms with Crippen molar-refractivity contribution in [3.05, 3.63) is 92.9 Å². The molecule has 176 valence electrons. The van der Waals surface area contributed by atoms with Gasteiger partial charge in [0, 0.05) is 11.8 Å². The number of carboxylic acid groups (broad SMARTS) is 1. The average molecular weight is 488 g/mol. The van der Waals surface area contributed by atoms with E-state index in [1.165, 1.54) is 12.3 Å². The lowest BCUT2D eigenvalue weighted by molar-refractivity contribution is 0.0692. The molecule has 0 fully saturated rings. The van der Waals surface area contributed by atoms with Gasteiger partial charge in [-0.25, -0.2) is 22.9 Å². The average Bonchev–Trinajstić information content (AvgIpc) is 3.30. The highest BCUT2D eigenvalue weighted by Crippen LogP contribution is 2.43. The Morgan fingerprint density at radius 2 is 1.74 bits per heavy atom. The maximum atomic E-state index is 13.9. The molecule has 0 spiro atoms. The number of rotatable bonds is 7. The molecular formula is C26H21ClF3NO3. The van der Waals surface area contributed by atoms with Crippen molar-refractivity contribution in [2.45, 2.75) is 39.2 Å². The van der Waals surface area contributed by atoms with Gasteiger partial charge < -0.3 is 9.84 Å². The standard InChI is InChI=1S/C26H21ClF3NO3/c1-2-14-9-23(29)24(30)10-16(14)13-34-25-20(11-17(27)12-31-25)19-5-3-4-18(19)15-6-7-22(28)21(8-15)26(32)33/h6-12H,2-5,13H2,1H3,(H,32,33). The summed E-state index contributed by atoms with van der Waals surface area (Å²) in [5, 5.41) is 9.68. The number of aromatic carboxylic acids is 1. The van der Waals surface area contributed by atoms with E-state index in [2.05, 4.69) is 4.98 Å². The monoisotopic (exact) mass is 487 g/mol. The topological polar surface area (TPSA) is 59.4 Å². The van der Waals surface area contributed by atoms with E-state index in [1.54, 1.807) is 12.1 Å². The number of aromatic nitrogens is 1. The molecule has 0 saturated heterocycles. The Morgan fingerprint density at radius 1 is 1.03 bits per heavy atom. The van der Waals surface area contributed by atoms with Gasteiger partial charge in [0.2, 0.25) is 5.88 Å². The number of hydrogen-bond acceptors (Lipinski definition) is 3. The fourth-order valence-electron chi connectivity index (χ4n) is 4.23. The molecule has 2 aromatic carbocycles. The molecule has 1 N–H and O–H groups in total. The fraction of sp³-hybridized carbons (Fsp3) is 0.231. The number of nitrogens with zero attached hydrogens (tertiary/aromatic N) is 1. The lowest BCUT2D eigenvalue weighted by Gasteiger charge is -2.15. The molecule has 0 aliphatic heterocycles. The minimum absolute atomic E-state index is 0.0235. The Morgan fingerprint density at radius 3 is 2.44 bits per heavy atom. The Balaban J connectivity index is 1.73. The number of pyridine rings is 1. The predicted octanol–water partition coefficient (Wildman–Crippen LogP) is 7.09. The largest absolute Gasteiger partial charge is 0.478 e. The van der Waals surface area contributed by atoms with Crippen molar-refractivity contribution < 1.29 is 27.8 Å². The van der Waals surface area contributed by atoms with Gasteiger partial charge in [0.05, 0.1) is 10.6 Å². The lowest BCUT2D eigenvalue weighted by Crippen LogP contribution is -2.05. The number of benzene rings is 2. The van der Waals surface area contributed by atoms with Gasteiger partial charge in [-0.05, 0) is 83.9 Å². The van der Waals surface area contributed by atoms with Crippen molar-refractivity contribution in [2.75, 3.05) is 0 Å². The summed E-state index contributed by atoms with van der Waals surface area (Å²) in [4.78, 5) is 15.7. The summed E-state index contributed by atoms with van der Waals surface area (Å²) in [5.74, 6) is -3.74. The SMILES string of the molecule is CCc1cc(F)c(F)cc1COc1ncc(Cl)cc1C1=C(c2ccc(F)c(C(=O)O)c2)CCC1. The van der Waals surface area contributed by atoms with Crippen molar-refractivity contribution >= 4 is 28.7 Å². The van der Waals surface area contributed by atoms with Gasteiger partial charge in [0.25, 0.3) is 0 Å². The van der Waals surface area contributed by atoms with E-state index in [9.17, 15) is 23.1 Å². The molecule has 0 amide bonds. The van der Waals surface area contributed by atoms with E-state index in [-0.39, 0.29) is 12.5 Å². The molecule has 0 radical (unpaired) electrons. The second-order valence-electron chi connectivity index (χ2n) is 7.99. The molecule has 0 bridgehead atoms. The van der Waals surface area contributed by atoms with Crippen molar-refractivity contribution in [3.63, 3.8) is 0 Å². The number of halogens is 4. The number of aryl methyl sites for hydroxylation is 1. The third-order valence-corrected chi connectivity index (χ3v) is 6.10.